The summed E-state index contributed by atoms with van der Waals surface area (Å²) in [5, 5.41) is 7.90. The molecule has 0 spiro atoms. The van der Waals surface area contributed by atoms with E-state index in [1.54, 1.807) is 0 Å². The van der Waals surface area contributed by atoms with Crippen LogP contribution in [0.3, 0.4) is 0 Å². The Kier molecular flexibility index (Phi) is 5.06. The lowest BCUT2D eigenvalue weighted by Crippen LogP contribution is -2.28. The van der Waals surface area contributed by atoms with Crippen LogP contribution < -0.4 is 5.32 Å². The van der Waals surface area contributed by atoms with E-state index in [0.29, 0.717) is 17.2 Å². The second-order valence-corrected chi connectivity index (χ2v) is 6.25. The van der Waals surface area contributed by atoms with Crippen LogP contribution in [0.1, 0.15) is 62.4 Å². The van der Waals surface area contributed by atoms with Crippen LogP contribution >= 0.6 is 11.8 Å². The quantitative estimate of drug-likeness (QED) is 0.890. The molecule has 1 aromatic heterocycles. The molecule has 5 heteroatoms. The van der Waals surface area contributed by atoms with Crippen molar-refractivity contribution in [3.05, 3.63) is 11.7 Å². The number of thioether (sulfide) groups is 1. The van der Waals surface area contributed by atoms with Gasteiger partial charge in [0.15, 0.2) is 5.82 Å². The average Bonchev–Trinajstić information content (AvgIpc) is 2.90. The minimum atomic E-state index is 0.310. The zero-order chi connectivity index (χ0) is 13.0. The highest BCUT2D eigenvalue weighted by molar-refractivity contribution is 7.99. The molecule has 1 aromatic rings. The van der Waals surface area contributed by atoms with Gasteiger partial charge in [-0.25, -0.2) is 0 Å². The Hall–Kier alpha value is -0.550. The van der Waals surface area contributed by atoms with Crippen LogP contribution in [-0.2, 0) is 0 Å². The van der Waals surface area contributed by atoms with Gasteiger partial charge < -0.3 is 9.84 Å². The molecule has 102 valence electrons. The Balaban J connectivity index is 2.08. The van der Waals surface area contributed by atoms with Crippen molar-refractivity contribution in [1.82, 2.24) is 15.5 Å². The molecule has 1 aliphatic heterocycles. The molecular formula is C13H23N3OS. The monoisotopic (exact) mass is 269 g/mol. The predicted molar refractivity (Wildman–Crippen MR) is 74.9 cm³/mol. The third kappa shape index (κ3) is 3.06. The summed E-state index contributed by atoms with van der Waals surface area (Å²) in [4.78, 5) is 4.64. The molecule has 1 saturated heterocycles. The normalized spacial score (nSPS) is 23.8. The van der Waals surface area contributed by atoms with E-state index in [-0.39, 0.29) is 0 Å². The van der Waals surface area contributed by atoms with Gasteiger partial charge in [-0.1, -0.05) is 18.5 Å². The summed E-state index contributed by atoms with van der Waals surface area (Å²) < 4.78 is 5.48. The van der Waals surface area contributed by atoms with Gasteiger partial charge in [0.1, 0.15) is 0 Å². The maximum absolute atomic E-state index is 5.48. The maximum Gasteiger partial charge on any atom is 0.231 e. The minimum absolute atomic E-state index is 0.310. The van der Waals surface area contributed by atoms with Gasteiger partial charge in [0.25, 0.3) is 0 Å². The lowest BCUT2D eigenvalue weighted by atomic mass is 9.98. The lowest BCUT2D eigenvalue weighted by Gasteiger charge is -2.18. The number of hydrogen-bond acceptors (Lipinski definition) is 5. The molecule has 0 saturated carbocycles. The van der Waals surface area contributed by atoms with Gasteiger partial charge in [-0.2, -0.15) is 16.7 Å². The van der Waals surface area contributed by atoms with Crippen LogP contribution in [0.25, 0.3) is 0 Å². The molecule has 0 aromatic carbocycles. The molecule has 1 aliphatic rings. The molecule has 0 amide bonds. The van der Waals surface area contributed by atoms with Crippen LogP contribution in [0.5, 0.6) is 0 Å². The first-order valence-electron chi connectivity index (χ1n) is 6.88. The van der Waals surface area contributed by atoms with Gasteiger partial charge in [0.05, 0.1) is 11.2 Å². The molecule has 2 rings (SSSR count). The highest BCUT2D eigenvalue weighted by Gasteiger charge is 2.26. The molecule has 0 aliphatic carbocycles. The van der Waals surface area contributed by atoms with Gasteiger partial charge in [-0.3, -0.25) is 0 Å². The van der Waals surface area contributed by atoms with E-state index in [1.807, 2.05) is 18.8 Å². The number of nitrogens with one attached hydrogen (secondary N) is 1. The molecule has 1 fully saturated rings. The van der Waals surface area contributed by atoms with E-state index in [1.165, 1.54) is 25.0 Å². The Labute approximate surface area is 113 Å². The fraction of sp³-hybridized carbons (Fsp3) is 0.846. The van der Waals surface area contributed by atoms with E-state index < -0.39 is 0 Å². The standard InChI is InChI=1S/C13H23N3OS/c1-4-10(9(2)14-3)13-15-12(16-17-13)11-7-5-6-8-18-11/h9-11,14H,4-8H2,1-3H3. The van der Waals surface area contributed by atoms with Crippen molar-refractivity contribution in [3.8, 4) is 0 Å². The van der Waals surface area contributed by atoms with Crippen molar-refractivity contribution in [2.75, 3.05) is 12.8 Å². The summed E-state index contributed by atoms with van der Waals surface area (Å²) in [6.45, 7) is 4.32. The summed E-state index contributed by atoms with van der Waals surface area (Å²) in [5.74, 6) is 3.22. The first kappa shape index (κ1) is 13.9. The van der Waals surface area contributed by atoms with Crippen molar-refractivity contribution in [2.45, 2.75) is 56.7 Å². The van der Waals surface area contributed by atoms with Gasteiger partial charge in [0, 0.05) is 6.04 Å². The largest absolute Gasteiger partial charge is 0.339 e. The fourth-order valence-electron chi connectivity index (χ4n) is 2.42. The molecule has 2 heterocycles. The van der Waals surface area contributed by atoms with Crippen LogP contribution in [0.15, 0.2) is 4.52 Å². The van der Waals surface area contributed by atoms with E-state index in [2.05, 4.69) is 29.3 Å². The molecule has 4 nitrogen and oxygen atoms in total. The van der Waals surface area contributed by atoms with Gasteiger partial charge in [-0.05, 0) is 39.0 Å². The summed E-state index contributed by atoms with van der Waals surface area (Å²) in [7, 11) is 1.97. The summed E-state index contributed by atoms with van der Waals surface area (Å²) >= 11 is 1.96. The molecule has 1 N–H and O–H groups in total. The number of hydrogen-bond donors (Lipinski definition) is 1. The second-order valence-electron chi connectivity index (χ2n) is 4.94. The van der Waals surface area contributed by atoms with Crippen molar-refractivity contribution in [3.63, 3.8) is 0 Å². The Morgan fingerprint density at radius 1 is 1.50 bits per heavy atom. The van der Waals surface area contributed by atoms with Gasteiger partial charge in [0.2, 0.25) is 5.89 Å². The number of likely N-dealkylation sites (N-methyl/N-ethyl adjacent to an activating group) is 1. The van der Waals surface area contributed by atoms with Gasteiger partial charge in [-0.15, -0.1) is 0 Å². The zero-order valence-corrected chi connectivity index (χ0v) is 12.3. The highest BCUT2D eigenvalue weighted by atomic mass is 32.2. The Morgan fingerprint density at radius 2 is 2.33 bits per heavy atom. The fourth-order valence-corrected chi connectivity index (χ4v) is 3.65. The SMILES string of the molecule is CCC(c1nc(C2CCCCS2)no1)C(C)NC. The predicted octanol–water partition coefficient (Wildman–Crippen LogP) is 3.13. The van der Waals surface area contributed by atoms with Crippen molar-refractivity contribution in [1.29, 1.82) is 0 Å². The van der Waals surface area contributed by atoms with Gasteiger partial charge >= 0.3 is 0 Å². The van der Waals surface area contributed by atoms with Crippen molar-refractivity contribution >= 4 is 11.8 Å². The maximum atomic E-state index is 5.48. The first-order valence-corrected chi connectivity index (χ1v) is 7.93. The van der Waals surface area contributed by atoms with E-state index in [0.717, 1.165) is 18.1 Å². The number of rotatable bonds is 5. The average molecular weight is 269 g/mol. The lowest BCUT2D eigenvalue weighted by molar-refractivity contribution is 0.319. The van der Waals surface area contributed by atoms with Crippen LogP contribution in [-0.4, -0.2) is 29.0 Å². The summed E-state index contributed by atoms with van der Waals surface area (Å²) in [6, 6.07) is 0.363. The zero-order valence-electron chi connectivity index (χ0n) is 11.5. The molecule has 0 bridgehead atoms. The summed E-state index contributed by atoms with van der Waals surface area (Å²) in [5.41, 5.74) is 0. The number of nitrogens with zero attached hydrogens (tertiary/aromatic N) is 2. The smallest absolute Gasteiger partial charge is 0.231 e. The summed E-state index contributed by atoms with van der Waals surface area (Å²) in [6.07, 6.45) is 4.80. The minimum Gasteiger partial charge on any atom is -0.339 e. The first-order chi connectivity index (χ1) is 8.76. The topological polar surface area (TPSA) is 51.0 Å². The molecule has 18 heavy (non-hydrogen) atoms. The molecule has 3 atom stereocenters. The Morgan fingerprint density at radius 3 is 2.94 bits per heavy atom. The van der Waals surface area contributed by atoms with E-state index in [4.69, 9.17) is 4.52 Å². The Bertz CT molecular complexity index is 363. The third-order valence-corrected chi connectivity index (χ3v) is 5.11. The van der Waals surface area contributed by atoms with Crippen LogP contribution in [0.4, 0.5) is 0 Å². The van der Waals surface area contributed by atoms with Crippen LogP contribution in [0, 0.1) is 0 Å². The molecule has 0 radical (unpaired) electrons. The third-order valence-electron chi connectivity index (χ3n) is 3.74. The number of aromatic nitrogens is 2. The van der Waals surface area contributed by atoms with E-state index >= 15 is 0 Å². The molecule has 3 unspecified atom stereocenters. The van der Waals surface area contributed by atoms with Crippen molar-refractivity contribution in [2.24, 2.45) is 0 Å². The van der Waals surface area contributed by atoms with E-state index in [9.17, 15) is 0 Å². The molecular weight excluding hydrogens is 246 g/mol. The van der Waals surface area contributed by atoms with Crippen molar-refractivity contribution < 1.29 is 4.52 Å². The van der Waals surface area contributed by atoms with Crippen LogP contribution in [0.2, 0.25) is 0 Å². The second kappa shape index (κ2) is 6.57. The highest BCUT2D eigenvalue weighted by Crippen LogP contribution is 2.37.